The summed E-state index contributed by atoms with van der Waals surface area (Å²) in [5.41, 5.74) is 1.10. The van der Waals surface area contributed by atoms with Gasteiger partial charge >= 0.3 is 0 Å². The molecule has 1 aromatic carbocycles. The van der Waals surface area contributed by atoms with Crippen LogP contribution < -0.4 is 5.32 Å². The Morgan fingerprint density at radius 3 is 2.53 bits per heavy atom. The molecule has 0 radical (unpaired) electrons. The van der Waals surface area contributed by atoms with Crippen molar-refractivity contribution in [1.82, 2.24) is 4.98 Å². The maximum absolute atomic E-state index is 13.4. The summed E-state index contributed by atoms with van der Waals surface area (Å²) in [5.74, 6) is -2.34. The topological polar surface area (TPSA) is 42.0 Å². The second-order valence-corrected chi connectivity index (χ2v) is 4.71. The summed E-state index contributed by atoms with van der Waals surface area (Å²) >= 11 is 4.17. The molecule has 3 nitrogen and oxygen atoms in total. The van der Waals surface area contributed by atoms with E-state index >= 15 is 0 Å². The number of amides is 1. The second-order valence-electron chi connectivity index (χ2n) is 3.07. The third kappa shape index (κ3) is 2.67. The number of hydrogen-bond acceptors (Lipinski definition) is 3. The van der Waals surface area contributed by atoms with E-state index in [4.69, 9.17) is 0 Å². The number of aromatic nitrogens is 1. The lowest BCUT2D eigenvalue weighted by Gasteiger charge is -2.06. The SMILES string of the molecule is O=C(Nc1c(F)cc(Br)cc1F)c1cscn1. The highest BCUT2D eigenvalue weighted by Gasteiger charge is 2.15. The smallest absolute Gasteiger partial charge is 0.275 e. The number of nitrogens with zero attached hydrogens (tertiary/aromatic N) is 1. The van der Waals surface area contributed by atoms with E-state index in [0.717, 1.165) is 12.1 Å². The van der Waals surface area contributed by atoms with Crippen LogP contribution in [0.5, 0.6) is 0 Å². The fraction of sp³-hybridized carbons (Fsp3) is 0. The van der Waals surface area contributed by atoms with Crippen molar-refractivity contribution in [3.05, 3.63) is 44.8 Å². The highest BCUT2D eigenvalue weighted by molar-refractivity contribution is 9.10. The largest absolute Gasteiger partial charge is 0.316 e. The number of nitrogens with one attached hydrogen (secondary N) is 1. The summed E-state index contributed by atoms with van der Waals surface area (Å²) in [4.78, 5) is 15.3. The highest BCUT2D eigenvalue weighted by atomic mass is 79.9. The van der Waals surface area contributed by atoms with Crippen LogP contribution in [0.3, 0.4) is 0 Å². The molecule has 0 atom stereocenters. The van der Waals surface area contributed by atoms with Gasteiger partial charge < -0.3 is 5.32 Å². The summed E-state index contributed by atoms with van der Waals surface area (Å²) in [7, 11) is 0. The van der Waals surface area contributed by atoms with Gasteiger partial charge in [-0.25, -0.2) is 13.8 Å². The average molecular weight is 319 g/mol. The normalized spacial score (nSPS) is 10.3. The summed E-state index contributed by atoms with van der Waals surface area (Å²) in [5, 5.41) is 3.63. The molecule has 0 fully saturated rings. The molecule has 0 saturated heterocycles. The van der Waals surface area contributed by atoms with Gasteiger partial charge in [0, 0.05) is 9.85 Å². The Labute approximate surface area is 108 Å². The Hall–Kier alpha value is -1.34. The van der Waals surface area contributed by atoms with Gasteiger partial charge in [-0.3, -0.25) is 4.79 Å². The zero-order valence-electron chi connectivity index (χ0n) is 8.21. The Morgan fingerprint density at radius 2 is 2.00 bits per heavy atom. The molecule has 7 heteroatoms. The maximum atomic E-state index is 13.4. The maximum Gasteiger partial charge on any atom is 0.275 e. The van der Waals surface area contributed by atoms with Crippen LogP contribution in [0.1, 0.15) is 10.5 Å². The lowest BCUT2D eigenvalue weighted by molar-refractivity contribution is 0.102. The summed E-state index contributed by atoms with van der Waals surface area (Å²) < 4.78 is 27.1. The van der Waals surface area contributed by atoms with E-state index in [2.05, 4.69) is 26.2 Å². The van der Waals surface area contributed by atoms with Crippen molar-refractivity contribution in [3.63, 3.8) is 0 Å². The number of hydrogen-bond donors (Lipinski definition) is 1. The lowest BCUT2D eigenvalue weighted by atomic mass is 10.3. The summed E-state index contributed by atoms with van der Waals surface area (Å²) in [6, 6.07) is 2.14. The molecule has 0 saturated carbocycles. The van der Waals surface area contributed by atoms with E-state index in [0.29, 0.717) is 0 Å². The average Bonchev–Trinajstić information content (AvgIpc) is 2.76. The van der Waals surface area contributed by atoms with Gasteiger partial charge in [0.1, 0.15) is 11.4 Å². The Bertz CT molecular complexity index is 536. The van der Waals surface area contributed by atoms with Gasteiger partial charge in [-0.2, -0.15) is 0 Å². The van der Waals surface area contributed by atoms with Crippen molar-refractivity contribution in [2.45, 2.75) is 0 Å². The van der Waals surface area contributed by atoms with E-state index < -0.39 is 23.2 Å². The van der Waals surface area contributed by atoms with Crippen LogP contribution in [0.25, 0.3) is 0 Å². The monoisotopic (exact) mass is 318 g/mol. The molecule has 88 valence electrons. The standard InChI is InChI=1S/C10H5BrF2N2OS/c11-5-1-6(12)9(7(13)2-5)15-10(16)8-3-17-4-14-8/h1-4H,(H,15,16). The molecule has 0 aliphatic heterocycles. The van der Waals surface area contributed by atoms with Crippen molar-refractivity contribution in [1.29, 1.82) is 0 Å². The molecule has 1 amide bonds. The van der Waals surface area contributed by atoms with Crippen LogP contribution in [0.15, 0.2) is 27.5 Å². The van der Waals surface area contributed by atoms with E-state index in [1.807, 2.05) is 0 Å². The molecule has 17 heavy (non-hydrogen) atoms. The first-order chi connectivity index (χ1) is 8.08. The van der Waals surface area contributed by atoms with Crippen LogP contribution in [0, 0.1) is 11.6 Å². The Morgan fingerprint density at radius 1 is 1.35 bits per heavy atom. The van der Waals surface area contributed by atoms with Crippen LogP contribution >= 0.6 is 27.3 Å². The van der Waals surface area contributed by atoms with Crippen molar-refractivity contribution >= 4 is 38.9 Å². The number of halogens is 3. The van der Waals surface area contributed by atoms with Crippen molar-refractivity contribution in [2.24, 2.45) is 0 Å². The zero-order chi connectivity index (χ0) is 12.4. The van der Waals surface area contributed by atoms with Crippen molar-refractivity contribution < 1.29 is 13.6 Å². The Kier molecular flexibility index (Phi) is 3.49. The molecule has 0 aliphatic carbocycles. The number of rotatable bonds is 2. The minimum absolute atomic E-state index is 0.122. The van der Waals surface area contributed by atoms with E-state index in [-0.39, 0.29) is 10.2 Å². The third-order valence-corrected chi connectivity index (χ3v) is 2.95. The Balaban J connectivity index is 2.28. The predicted molar refractivity (Wildman–Crippen MR) is 64.1 cm³/mol. The molecule has 1 N–H and O–H groups in total. The molecule has 0 unspecified atom stereocenters. The fourth-order valence-electron chi connectivity index (χ4n) is 1.16. The minimum Gasteiger partial charge on any atom is -0.316 e. The number of anilines is 1. The number of thiazole rings is 1. The number of carbonyl (C=O) groups excluding carboxylic acids is 1. The van der Waals surface area contributed by atoms with E-state index in [1.165, 1.54) is 22.2 Å². The van der Waals surface area contributed by atoms with E-state index in [9.17, 15) is 13.6 Å². The first-order valence-corrected chi connectivity index (χ1v) is 6.15. The molecule has 1 heterocycles. The first kappa shape index (κ1) is 12.1. The van der Waals surface area contributed by atoms with Gasteiger partial charge in [-0.1, -0.05) is 15.9 Å². The third-order valence-electron chi connectivity index (χ3n) is 1.91. The molecule has 2 aromatic rings. The van der Waals surface area contributed by atoms with E-state index in [1.54, 1.807) is 0 Å². The van der Waals surface area contributed by atoms with Crippen LogP contribution in [-0.2, 0) is 0 Å². The molecule has 0 bridgehead atoms. The van der Waals surface area contributed by atoms with Crippen LogP contribution in [0.4, 0.5) is 14.5 Å². The molecular weight excluding hydrogens is 314 g/mol. The molecule has 1 aromatic heterocycles. The quantitative estimate of drug-likeness (QED) is 0.921. The van der Waals surface area contributed by atoms with Gasteiger partial charge in [0.2, 0.25) is 0 Å². The molecule has 0 aliphatic rings. The zero-order valence-corrected chi connectivity index (χ0v) is 10.6. The van der Waals surface area contributed by atoms with Gasteiger partial charge in [0.25, 0.3) is 5.91 Å². The van der Waals surface area contributed by atoms with Crippen LogP contribution in [0.2, 0.25) is 0 Å². The van der Waals surface area contributed by atoms with Crippen LogP contribution in [-0.4, -0.2) is 10.9 Å². The predicted octanol–water partition coefficient (Wildman–Crippen LogP) is 3.44. The summed E-state index contributed by atoms with van der Waals surface area (Å²) in [6.07, 6.45) is 0. The molecule has 2 rings (SSSR count). The van der Waals surface area contributed by atoms with Gasteiger partial charge in [0.15, 0.2) is 11.6 Å². The number of carbonyl (C=O) groups is 1. The second kappa shape index (κ2) is 4.89. The molecular formula is C10H5BrF2N2OS. The highest BCUT2D eigenvalue weighted by Crippen LogP contribution is 2.24. The fourth-order valence-corrected chi connectivity index (χ4v) is 2.10. The first-order valence-electron chi connectivity index (χ1n) is 4.42. The van der Waals surface area contributed by atoms with Gasteiger partial charge in [0.05, 0.1) is 5.51 Å². The van der Waals surface area contributed by atoms with Crippen molar-refractivity contribution in [2.75, 3.05) is 5.32 Å². The van der Waals surface area contributed by atoms with Gasteiger partial charge in [-0.15, -0.1) is 11.3 Å². The molecule has 0 spiro atoms. The summed E-state index contributed by atoms with van der Waals surface area (Å²) in [6.45, 7) is 0. The lowest BCUT2D eigenvalue weighted by Crippen LogP contribution is -2.14. The minimum atomic E-state index is -0.847. The van der Waals surface area contributed by atoms with Crippen molar-refractivity contribution in [3.8, 4) is 0 Å². The number of benzene rings is 1. The van der Waals surface area contributed by atoms with Gasteiger partial charge in [-0.05, 0) is 12.1 Å².